The third-order valence-corrected chi connectivity index (χ3v) is 5.95. The van der Waals surface area contributed by atoms with Crippen molar-refractivity contribution in [2.75, 3.05) is 12.4 Å². The second-order valence-corrected chi connectivity index (χ2v) is 8.06. The molecule has 1 fully saturated rings. The number of thioether (sulfide) groups is 1. The average molecular weight is 422 g/mol. The fourth-order valence-electron chi connectivity index (χ4n) is 2.56. The number of benzene rings is 2. The van der Waals surface area contributed by atoms with E-state index >= 15 is 0 Å². The monoisotopic (exact) mass is 421 g/mol. The predicted octanol–water partition coefficient (Wildman–Crippen LogP) is 4.89. The maximum Gasteiger partial charge on any atom is 0.242 e. The molecule has 3 rings (SSSR count). The first-order valence-electron chi connectivity index (χ1n) is 8.18. The lowest BCUT2D eigenvalue weighted by Crippen LogP contribution is -2.30. The molecule has 1 aliphatic heterocycles. The summed E-state index contributed by atoms with van der Waals surface area (Å²) in [5.74, 6) is -0.406. The summed E-state index contributed by atoms with van der Waals surface area (Å²) in [5, 5.41) is 3.94. The van der Waals surface area contributed by atoms with Crippen LogP contribution in [0, 0.1) is 6.92 Å². The number of nitrogens with one attached hydrogen (secondary N) is 1. The molecular formula is C19H17Cl2N3O2S. The van der Waals surface area contributed by atoms with Crippen molar-refractivity contribution in [3.8, 4) is 0 Å². The highest BCUT2D eigenvalue weighted by atomic mass is 35.5. The SMILES string of the molecule is Cc1c(Cl)cccc1N=C1SC(CC(=O)Nc2cccc(Cl)c2)C(=O)N1C. The number of hydrogen-bond donors (Lipinski definition) is 1. The summed E-state index contributed by atoms with van der Waals surface area (Å²) < 4.78 is 0. The first-order chi connectivity index (χ1) is 12.8. The molecule has 1 saturated heterocycles. The summed E-state index contributed by atoms with van der Waals surface area (Å²) in [4.78, 5) is 30.8. The van der Waals surface area contributed by atoms with Gasteiger partial charge in [-0.25, -0.2) is 4.99 Å². The highest BCUT2D eigenvalue weighted by molar-refractivity contribution is 8.15. The number of rotatable bonds is 4. The van der Waals surface area contributed by atoms with E-state index in [-0.39, 0.29) is 18.2 Å². The molecule has 5 nitrogen and oxygen atoms in total. The molecule has 0 bridgehead atoms. The molecule has 0 aliphatic carbocycles. The van der Waals surface area contributed by atoms with Crippen molar-refractivity contribution in [2.24, 2.45) is 4.99 Å². The molecule has 1 atom stereocenters. The Labute approximate surface area is 171 Å². The van der Waals surface area contributed by atoms with Crippen molar-refractivity contribution in [1.82, 2.24) is 4.90 Å². The van der Waals surface area contributed by atoms with Crippen LogP contribution in [0.4, 0.5) is 11.4 Å². The fourth-order valence-corrected chi connectivity index (χ4v) is 4.07. The number of carbonyl (C=O) groups is 2. The van der Waals surface area contributed by atoms with E-state index < -0.39 is 5.25 Å². The lowest BCUT2D eigenvalue weighted by Gasteiger charge is -2.10. The number of halogens is 2. The minimum atomic E-state index is -0.521. The van der Waals surface area contributed by atoms with Crippen molar-refractivity contribution in [3.05, 3.63) is 58.1 Å². The van der Waals surface area contributed by atoms with Gasteiger partial charge < -0.3 is 5.32 Å². The van der Waals surface area contributed by atoms with Crippen LogP contribution in [0.1, 0.15) is 12.0 Å². The topological polar surface area (TPSA) is 61.8 Å². The maximum atomic E-state index is 12.5. The van der Waals surface area contributed by atoms with Gasteiger partial charge in [0.05, 0.1) is 5.69 Å². The van der Waals surface area contributed by atoms with Crippen LogP contribution < -0.4 is 5.32 Å². The molecule has 1 heterocycles. The van der Waals surface area contributed by atoms with E-state index in [1.54, 1.807) is 37.4 Å². The van der Waals surface area contributed by atoms with Crippen LogP contribution in [-0.2, 0) is 9.59 Å². The molecule has 27 heavy (non-hydrogen) atoms. The molecule has 2 aromatic rings. The Balaban J connectivity index is 1.71. The third kappa shape index (κ3) is 4.64. The van der Waals surface area contributed by atoms with Crippen molar-refractivity contribution in [3.63, 3.8) is 0 Å². The molecule has 8 heteroatoms. The largest absolute Gasteiger partial charge is 0.326 e. The summed E-state index contributed by atoms with van der Waals surface area (Å²) in [7, 11) is 1.66. The molecule has 140 valence electrons. The zero-order chi connectivity index (χ0) is 19.6. The van der Waals surface area contributed by atoms with Gasteiger partial charge in [-0.15, -0.1) is 0 Å². The molecular weight excluding hydrogens is 405 g/mol. The lowest BCUT2D eigenvalue weighted by atomic mass is 10.2. The van der Waals surface area contributed by atoms with Gasteiger partial charge in [0.1, 0.15) is 5.25 Å². The van der Waals surface area contributed by atoms with Gasteiger partial charge in [-0.2, -0.15) is 0 Å². The van der Waals surface area contributed by atoms with E-state index in [0.717, 1.165) is 5.56 Å². The number of nitrogens with zero attached hydrogens (tertiary/aromatic N) is 2. The Morgan fingerprint density at radius 1 is 1.26 bits per heavy atom. The summed E-state index contributed by atoms with van der Waals surface area (Å²) in [6.07, 6.45) is 0.0495. The van der Waals surface area contributed by atoms with Gasteiger partial charge in [0.15, 0.2) is 5.17 Å². The van der Waals surface area contributed by atoms with Crippen LogP contribution in [-0.4, -0.2) is 34.2 Å². The summed E-state index contributed by atoms with van der Waals surface area (Å²) in [6.45, 7) is 1.87. The van der Waals surface area contributed by atoms with E-state index in [2.05, 4.69) is 10.3 Å². The lowest BCUT2D eigenvalue weighted by molar-refractivity contribution is -0.127. The minimum absolute atomic E-state index is 0.0495. The number of carbonyl (C=O) groups excluding carboxylic acids is 2. The summed E-state index contributed by atoms with van der Waals surface area (Å²) in [6, 6.07) is 12.3. The van der Waals surface area contributed by atoms with Gasteiger partial charge in [0, 0.05) is 29.2 Å². The van der Waals surface area contributed by atoms with E-state index in [0.29, 0.717) is 26.6 Å². The Morgan fingerprint density at radius 2 is 2.00 bits per heavy atom. The number of aliphatic imine (C=N–C) groups is 1. The van der Waals surface area contributed by atoms with Gasteiger partial charge in [-0.1, -0.05) is 47.1 Å². The van der Waals surface area contributed by atoms with Crippen LogP contribution in [0.5, 0.6) is 0 Å². The van der Waals surface area contributed by atoms with E-state index in [1.165, 1.54) is 16.7 Å². The molecule has 0 spiro atoms. The third-order valence-electron chi connectivity index (χ3n) is 4.07. The normalized spacial score (nSPS) is 18.2. The van der Waals surface area contributed by atoms with Crippen molar-refractivity contribution < 1.29 is 9.59 Å². The van der Waals surface area contributed by atoms with Crippen molar-refractivity contribution in [2.45, 2.75) is 18.6 Å². The molecule has 0 radical (unpaired) electrons. The second-order valence-electron chi connectivity index (χ2n) is 6.04. The number of amides is 2. The average Bonchev–Trinajstić information content (AvgIpc) is 2.87. The molecule has 0 saturated carbocycles. The van der Waals surface area contributed by atoms with Gasteiger partial charge in [0.25, 0.3) is 0 Å². The van der Waals surface area contributed by atoms with E-state index in [9.17, 15) is 9.59 Å². The van der Waals surface area contributed by atoms with Gasteiger partial charge in [-0.3, -0.25) is 14.5 Å². The standard InChI is InChI=1S/C19H17Cl2N3O2S/c1-11-14(21)7-4-8-15(11)23-19-24(2)18(26)16(27-19)10-17(25)22-13-6-3-5-12(20)9-13/h3-9,16H,10H2,1-2H3,(H,22,25). The van der Waals surface area contributed by atoms with Crippen LogP contribution >= 0.6 is 35.0 Å². The highest BCUT2D eigenvalue weighted by Gasteiger charge is 2.37. The molecule has 2 amide bonds. The summed E-state index contributed by atoms with van der Waals surface area (Å²) >= 11 is 13.3. The van der Waals surface area contributed by atoms with Gasteiger partial charge in [-0.05, 0) is 42.8 Å². The minimum Gasteiger partial charge on any atom is -0.326 e. The highest BCUT2D eigenvalue weighted by Crippen LogP contribution is 2.33. The van der Waals surface area contributed by atoms with E-state index in [4.69, 9.17) is 23.2 Å². The first-order valence-corrected chi connectivity index (χ1v) is 9.82. The number of hydrogen-bond acceptors (Lipinski definition) is 4. The molecule has 0 aromatic heterocycles. The van der Waals surface area contributed by atoms with E-state index in [1.807, 2.05) is 19.1 Å². The Hall–Kier alpha value is -2.02. The summed E-state index contributed by atoms with van der Waals surface area (Å²) in [5.41, 5.74) is 2.14. The van der Waals surface area contributed by atoms with Crippen LogP contribution in [0.2, 0.25) is 10.0 Å². The predicted molar refractivity (Wildman–Crippen MR) is 112 cm³/mol. The van der Waals surface area contributed by atoms with Crippen molar-refractivity contribution >= 4 is 63.3 Å². The van der Waals surface area contributed by atoms with Gasteiger partial charge >= 0.3 is 0 Å². The zero-order valence-corrected chi connectivity index (χ0v) is 17.0. The second kappa shape index (κ2) is 8.33. The maximum absolute atomic E-state index is 12.5. The number of amidine groups is 1. The van der Waals surface area contributed by atoms with Crippen LogP contribution in [0.15, 0.2) is 47.5 Å². The molecule has 1 aliphatic rings. The Bertz CT molecular complexity index is 933. The number of anilines is 1. The molecule has 1 unspecified atom stereocenters. The van der Waals surface area contributed by atoms with Crippen LogP contribution in [0.25, 0.3) is 0 Å². The smallest absolute Gasteiger partial charge is 0.242 e. The van der Waals surface area contributed by atoms with Crippen LogP contribution in [0.3, 0.4) is 0 Å². The van der Waals surface area contributed by atoms with Crippen molar-refractivity contribution in [1.29, 1.82) is 0 Å². The Morgan fingerprint density at radius 3 is 2.74 bits per heavy atom. The quantitative estimate of drug-likeness (QED) is 0.763. The zero-order valence-electron chi connectivity index (χ0n) is 14.7. The first kappa shape index (κ1) is 19.7. The molecule has 1 N–H and O–H groups in total. The Kier molecular flexibility index (Phi) is 6.09. The molecule has 2 aromatic carbocycles. The van der Waals surface area contributed by atoms with Gasteiger partial charge in [0.2, 0.25) is 11.8 Å². The fraction of sp³-hybridized carbons (Fsp3) is 0.211.